The number of anilines is 2. The average Bonchev–Trinajstić information content (AvgIpc) is 2.69. The monoisotopic (exact) mass is 382 g/mol. The van der Waals surface area contributed by atoms with Gasteiger partial charge in [-0.15, -0.1) is 0 Å². The number of aryl methyl sites for hydroxylation is 3. The summed E-state index contributed by atoms with van der Waals surface area (Å²) in [5.74, 6) is 0. The summed E-state index contributed by atoms with van der Waals surface area (Å²) in [6.07, 6.45) is 1.97. The van der Waals surface area contributed by atoms with Gasteiger partial charge in [-0.25, -0.2) is 4.57 Å². The van der Waals surface area contributed by atoms with E-state index in [1.807, 2.05) is 6.33 Å². The Balaban J connectivity index is 2.02. The summed E-state index contributed by atoms with van der Waals surface area (Å²) < 4.78 is 2.19. The summed E-state index contributed by atoms with van der Waals surface area (Å²) in [5.41, 5.74) is 10.3. The van der Waals surface area contributed by atoms with Gasteiger partial charge in [0.15, 0.2) is 5.52 Å². The van der Waals surface area contributed by atoms with E-state index in [1.54, 1.807) is 0 Å². The normalized spacial score (nSPS) is 13.3. The van der Waals surface area contributed by atoms with Crippen molar-refractivity contribution in [2.75, 3.05) is 11.9 Å². The van der Waals surface area contributed by atoms with Crippen molar-refractivity contribution in [3.05, 3.63) is 59.4 Å². The third kappa shape index (κ3) is 2.37. The van der Waals surface area contributed by atoms with E-state index in [-0.39, 0.29) is 5.41 Å². The highest BCUT2D eigenvalue weighted by atomic mass is 15.1. The quantitative estimate of drug-likeness (QED) is 0.354. The second-order valence-electron chi connectivity index (χ2n) is 9.42. The van der Waals surface area contributed by atoms with Crippen molar-refractivity contribution in [3.63, 3.8) is 0 Å². The number of aromatic nitrogens is 2. The van der Waals surface area contributed by atoms with Crippen LogP contribution in [0.3, 0.4) is 0 Å². The van der Waals surface area contributed by atoms with Gasteiger partial charge in [0.1, 0.15) is 5.69 Å². The predicted molar refractivity (Wildman–Crippen MR) is 122 cm³/mol. The lowest BCUT2D eigenvalue weighted by atomic mass is 9.83. The molecule has 0 atom stereocenters. The minimum Gasteiger partial charge on any atom is -0.343 e. The van der Waals surface area contributed by atoms with E-state index in [0.29, 0.717) is 0 Å². The molecule has 5 rings (SSSR count). The Kier molecular flexibility index (Phi) is 3.62. The van der Waals surface area contributed by atoms with Gasteiger partial charge in [-0.3, -0.25) is 0 Å². The molecule has 3 aromatic carbocycles. The maximum atomic E-state index is 4.82. The van der Waals surface area contributed by atoms with Gasteiger partial charge >= 0.3 is 0 Å². The standard InChI is InChI=1S/C26H28N3/c1-15-18-10-8-9-11-19(18)16(2)24-22(15)25-23-20(27-14-28(25)6)12-17(26(3,4)5)13-21(23)29(24)7/h8-14H,1-7H3/q+1. The Morgan fingerprint density at radius 2 is 1.62 bits per heavy atom. The molecule has 146 valence electrons. The van der Waals surface area contributed by atoms with E-state index in [1.165, 1.54) is 55.5 Å². The van der Waals surface area contributed by atoms with Crippen molar-refractivity contribution >= 4 is 33.1 Å². The Morgan fingerprint density at radius 1 is 0.966 bits per heavy atom. The molecule has 3 heteroatoms. The van der Waals surface area contributed by atoms with Gasteiger partial charge in [-0.1, -0.05) is 45.0 Å². The fraction of sp³-hybridized carbons (Fsp3) is 0.308. The molecule has 1 aliphatic heterocycles. The molecule has 0 saturated heterocycles. The largest absolute Gasteiger partial charge is 0.343 e. The van der Waals surface area contributed by atoms with Crippen LogP contribution in [-0.2, 0) is 12.5 Å². The lowest BCUT2D eigenvalue weighted by molar-refractivity contribution is -0.662. The van der Waals surface area contributed by atoms with Gasteiger partial charge in [0, 0.05) is 12.6 Å². The predicted octanol–water partition coefficient (Wildman–Crippen LogP) is 5.88. The maximum Gasteiger partial charge on any atom is 0.287 e. The molecule has 0 radical (unpaired) electrons. The van der Waals surface area contributed by atoms with Crippen molar-refractivity contribution in [2.24, 2.45) is 7.05 Å². The first kappa shape index (κ1) is 18.1. The number of hydrogen-bond donors (Lipinski definition) is 0. The molecular weight excluding hydrogens is 354 g/mol. The molecule has 1 aliphatic rings. The van der Waals surface area contributed by atoms with Crippen molar-refractivity contribution in [3.8, 4) is 11.3 Å². The minimum absolute atomic E-state index is 0.0695. The molecule has 0 amide bonds. The molecule has 0 fully saturated rings. The average molecular weight is 383 g/mol. The highest BCUT2D eigenvalue weighted by molar-refractivity contribution is 6.13. The van der Waals surface area contributed by atoms with Gasteiger partial charge in [-0.2, -0.15) is 0 Å². The van der Waals surface area contributed by atoms with E-state index in [2.05, 4.69) is 94.6 Å². The Hall–Kier alpha value is -2.94. The van der Waals surface area contributed by atoms with Gasteiger partial charge in [0.2, 0.25) is 0 Å². The molecule has 0 unspecified atom stereocenters. The van der Waals surface area contributed by atoms with Crippen LogP contribution in [0.1, 0.15) is 37.5 Å². The molecule has 0 saturated carbocycles. The fourth-order valence-corrected chi connectivity index (χ4v) is 4.93. The van der Waals surface area contributed by atoms with Crippen LogP contribution in [0.4, 0.5) is 11.4 Å². The molecule has 1 aromatic heterocycles. The second-order valence-corrected chi connectivity index (χ2v) is 9.42. The highest BCUT2D eigenvalue weighted by Crippen LogP contribution is 2.50. The molecular formula is C26H28N3+. The molecule has 29 heavy (non-hydrogen) atoms. The molecule has 0 spiro atoms. The maximum absolute atomic E-state index is 4.82. The van der Waals surface area contributed by atoms with Gasteiger partial charge < -0.3 is 4.90 Å². The van der Waals surface area contributed by atoms with Gasteiger partial charge in [-0.05, 0) is 63.8 Å². The number of benzene rings is 3. The summed E-state index contributed by atoms with van der Waals surface area (Å²) in [4.78, 5) is 7.20. The Morgan fingerprint density at radius 3 is 2.28 bits per heavy atom. The topological polar surface area (TPSA) is 20.0 Å². The summed E-state index contributed by atoms with van der Waals surface area (Å²) in [6, 6.07) is 13.4. The van der Waals surface area contributed by atoms with Crippen molar-refractivity contribution in [2.45, 2.75) is 40.0 Å². The summed E-state index contributed by atoms with van der Waals surface area (Å²) in [6.45, 7) is 11.3. The lowest BCUT2D eigenvalue weighted by Gasteiger charge is -2.33. The summed E-state index contributed by atoms with van der Waals surface area (Å²) in [7, 11) is 4.32. The van der Waals surface area contributed by atoms with E-state index in [4.69, 9.17) is 4.98 Å². The SMILES string of the molecule is Cc1c2c(c(C)c3ccccc13)N(C)c1cc(C(C)(C)C)cc3nc[n+](C)c-2c13. The van der Waals surface area contributed by atoms with Crippen LogP contribution in [0.25, 0.3) is 32.9 Å². The Bertz CT molecular complexity index is 1330. The van der Waals surface area contributed by atoms with Gasteiger partial charge in [0.25, 0.3) is 6.33 Å². The summed E-state index contributed by atoms with van der Waals surface area (Å²) >= 11 is 0. The number of nitrogens with zero attached hydrogens (tertiary/aromatic N) is 3. The van der Waals surface area contributed by atoms with E-state index in [0.717, 1.165) is 5.52 Å². The molecule has 0 aliphatic carbocycles. The van der Waals surface area contributed by atoms with Crippen molar-refractivity contribution in [1.82, 2.24) is 4.98 Å². The summed E-state index contributed by atoms with van der Waals surface area (Å²) in [5, 5.41) is 3.91. The van der Waals surface area contributed by atoms with Crippen LogP contribution in [0.5, 0.6) is 0 Å². The van der Waals surface area contributed by atoms with Crippen LogP contribution in [-0.4, -0.2) is 12.0 Å². The zero-order valence-electron chi connectivity index (χ0n) is 18.4. The number of hydrogen-bond acceptors (Lipinski definition) is 2. The van der Waals surface area contributed by atoms with Crippen LogP contribution in [0.2, 0.25) is 0 Å². The first-order chi connectivity index (χ1) is 13.7. The first-order valence-electron chi connectivity index (χ1n) is 10.3. The molecule has 3 nitrogen and oxygen atoms in total. The van der Waals surface area contributed by atoms with Crippen LogP contribution < -0.4 is 9.47 Å². The van der Waals surface area contributed by atoms with Crippen LogP contribution in [0, 0.1) is 13.8 Å². The van der Waals surface area contributed by atoms with Crippen LogP contribution >= 0.6 is 0 Å². The fourth-order valence-electron chi connectivity index (χ4n) is 4.93. The second kappa shape index (κ2) is 5.79. The number of rotatable bonds is 0. The third-order valence-electron chi connectivity index (χ3n) is 6.56. The molecule has 4 aromatic rings. The number of fused-ring (bicyclic) bond motifs is 3. The molecule has 2 heterocycles. The minimum atomic E-state index is 0.0695. The first-order valence-corrected chi connectivity index (χ1v) is 10.3. The lowest BCUT2D eigenvalue weighted by Crippen LogP contribution is -2.35. The molecule has 0 bridgehead atoms. The Labute approximate surface area is 172 Å². The van der Waals surface area contributed by atoms with E-state index < -0.39 is 0 Å². The zero-order valence-corrected chi connectivity index (χ0v) is 18.4. The van der Waals surface area contributed by atoms with Gasteiger partial charge in [0.05, 0.1) is 23.8 Å². The highest BCUT2D eigenvalue weighted by Gasteiger charge is 2.33. The van der Waals surface area contributed by atoms with Crippen LogP contribution in [0.15, 0.2) is 42.7 Å². The van der Waals surface area contributed by atoms with E-state index >= 15 is 0 Å². The van der Waals surface area contributed by atoms with E-state index in [9.17, 15) is 0 Å². The zero-order chi connectivity index (χ0) is 20.7. The smallest absolute Gasteiger partial charge is 0.287 e. The van der Waals surface area contributed by atoms with Crippen molar-refractivity contribution < 1.29 is 4.57 Å². The van der Waals surface area contributed by atoms with Crippen molar-refractivity contribution in [1.29, 1.82) is 0 Å². The molecule has 0 N–H and O–H groups in total. The third-order valence-corrected chi connectivity index (χ3v) is 6.56.